The molecule has 0 aromatic carbocycles. The van der Waals surface area contributed by atoms with Crippen molar-refractivity contribution in [1.29, 1.82) is 0 Å². The molecule has 0 aliphatic heterocycles. The minimum Gasteiger partial charge on any atom is -0.469 e. The number of hydrogen-bond acceptors (Lipinski definition) is 4. The van der Waals surface area contributed by atoms with Gasteiger partial charge in [-0.15, -0.1) is 0 Å². The molecule has 1 rings (SSSR count). The van der Waals surface area contributed by atoms with Crippen LogP contribution < -0.4 is 5.32 Å². The molecule has 0 aromatic heterocycles. The van der Waals surface area contributed by atoms with Crippen molar-refractivity contribution in [3.8, 4) is 0 Å². The van der Waals surface area contributed by atoms with E-state index in [0.29, 0.717) is 6.42 Å². The number of methoxy groups -OCH3 is 1. The first-order valence-corrected chi connectivity index (χ1v) is 6.94. The van der Waals surface area contributed by atoms with Crippen LogP contribution in [0, 0.1) is 5.41 Å². The number of nitrogens with one attached hydrogen (secondary N) is 1. The second-order valence-corrected chi connectivity index (χ2v) is 6.45. The normalized spacial score (nSPS) is 25.8. The lowest BCUT2D eigenvalue weighted by Crippen LogP contribution is -2.40. The Morgan fingerprint density at radius 3 is 2.48 bits per heavy atom. The third-order valence-electron chi connectivity index (χ3n) is 3.49. The largest absolute Gasteiger partial charge is 0.469 e. The predicted octanol–water partition coefficient (Wildman–Crippen LogP) is 2.88. The number of amides is 1. The van der Waals surface area contributed by atoms with E-state index in [1.165, 1.54) is 7.11 Å². The van der Waals surface area contributed by atoms with Crippen LogP contribution in [0.2, 0.25) is 0 Å². The summed E-state index contributed by atoms with van der Waals surface area (Å²) in [5.74, 6) is -0.642. The highest BCUT2D eigenvalue weighted by Crippen LogP contribution is 2.44. The second kappa shape index (κ2) is 6.58. The lowest BCUT2D eigenvalue weighted by Gasteiger charge is -2.26. The molecule has 5 nitrogen and oxygen atoms in total. The minimum atomic E-state index is -2.59. The molecule has 1 aliphatic carbocycles. The van der Waals surface area contributed by atoms with Crippen LogP contribution in [0.3, 0.4) is 0 Å². The first-order chi connectivity index (χ1) is 9.58. The molecule has 2 unspecified atom stereocenters. The number of carbonyl (C=O) groups excluding carboxylic acids is 2. The van der Waals surface area contributed by atoms with Crippen molar-refractivity contribution in [3.63, 3.8) is 0 Å². The van der Waals surface area contributed by atoms with Crippen LogP contribution in [-0.2, 0) is 14.3 Å². The second-order valence-electron chi connectivity index (χ2n) is 6.45. The van der Waals surface area contributed by atoms with E-state index in [4.69, 9.17) is 4.74 Å². The van der Waals surface area contributed by atoms with Gasteiger partial charge in [0.2, 0.25) is 6.43 Å². The molecule has 122 valence electrons. The molecule has 21 heavy (non-hydrogen) atoms. The lowest BCUT2D eigenvalue weighted by molar-refractivity contribution is -0.155. The van der Waals surface area contributed by atoms with Crippen LogP contribution >= 0.6 is 0 Å². The van der Waals surface area contributed by atoms with Gasteiger partial charge >= 0.3 is 12.1 Å². The first-order valence-electron chi connectivity index (χ1n) is 6.94. The smallest absolute Gasteiger partial charge is 0.407 e. The van der Waals surface area contributed by atoms with Gasteiger partial charge in [0, 0.05) is 12.5 Å². The summed E-state index contributed by atoms with van der Waals surface area (Å²) in [5.41, 5.74) is -1.85. The Kier molecular flexibility index (Phi) is 5.53. The topological polar surface area (TPSA) is 64.6 Å². The molecule has 0 aromatic rings. The van der Waals surface area contributed by atoms with Crippen LogP contribution in [-0.4, -0.2) is 37.2 Å². The quantitative estimate of drug-likeness (QED) is 0.811. The van der Waals surface area contributed by atoms with Gasteiger partial charge in [-0.25, -0.2) is 13.6 Å². The van der Waals surface area contributed by atoms with Gasteiger partial charge in [0.05, 0.1) is 12.5 Å². The van der Waals surface area contributed by atoms with Crippen LogP contribution in [0.5, 0.6) is 0 Å². The maximum absolute atomic E-state index is 12.7. The molecular weight excluding hydrogens is 284 g/mol. The predicted molar refractivity (Wildman–Crippen MR) is 72.1 cm³/mol. The molecule has 1 aliphatic rings. The summed E-state index contributed by atoms with van der Waals surface area (Å²) >= 11 is 0. The fourth-order valence-corrected chi connectivity index (χ4v) is 2.69. The van der Waals surface area contributed by atoms with E-state index in [9.17, 15) is 18.4 Å². The van der Waals surface area contributed by atoms with Gasteiger partial charge in [0.25, 0.3) is 0 Å². The Bertz CT molecular complexity index is 395. The number of carbonyl (C=O) groups is 2. The van der Waals surface area contributed by atoms with Crippen molar-refractivity contribution in [2.75, 3.05) is 7.11 Å². The molecule has 1 N–H and O–H groups in total. The van der Waals surface area contributed by atoms with E-state index in [2.05, 4.69) is 10.1 Å². The van der Waals surface area contributed by atoms with Gasteiger partial charge in [-0.2, -0.15) is 0 Å². The third-order valence-corrected chi connectivity index (χ3v) is 3.49. The van der Waals surface area contributed by atoms with Crippen LogP contribution in [0.1, 0.15) is 46.5 Å². The third kappa shape index (κ3) is 5.13. The standard InChI is InChI=1S/C14H23F2NO4/c1-13(2,3)21-12(19)17-9-5-6-14(7-9,8-10(15)16)11(18)20-4/h9-10H,5-8H2,1-4H3,(H,17,19). The SMILES string of the molecule is COC(=O)C1(CC(F)F)CCC(NC(=O)OC(C)(C)C)C1. The highest BCUT2D eigenvalue weighted by Gasteiger charge is 2.48. The number of rotatable bonds is 4. The van der Waals surface area contributed by atoms with Crippen molar-refractivity contribution in [3.05, 3.63) is 0 Å². The van der Waals surface area contributed by atoms with Crippen molar-refractivity contribution < 1.29 is 27.8 Å². The van der Waals surface area contributed by atoms with Crippen molar-refractivity contribution >= 4 is 12.1 Å². The molecule has 0 bridgehead atoms. The van der Waals surface area contributed by atoms with Crippen molar-refractivity contribution in [1.82, 2.24) is 5.32 Å². The molecule has 1 amide bonds. The molecule has 0 heterocycles. The van der Waals surface area contributed by atoms with Gasteiger partial charge in [-0.3, -0.25) is 4.79 Å². The number of esters is 1. The van der Waals surface area contributed by atoms with E-state index in [0.717, 1.165) is 0 Å². The van der Waals surface area contributed by atoms with Gasteiger partial charge < -0.3 is 14.8 Å². The zero-order valence-corrected chi connectivity index (χ0v) is 12.9. The number of ether oxygens (including phenoxy) is 2. The van der Waals surface area contributed by atoms with E-state index in [1.54, 1.807) is 20.8 Å². The maximum Gasteiger partial charge on any atom is 0.407 e. The summed E-state index contributed by atoms with van der Waals surface area (Å²) in [6.45, 7) is 5.20. The summed E-state index contributed by atoms with van der Waals surface area (Å²) in [6, 6.07) is -0.363. The van der Waals surface area contributed by atoms with E-state index >= 15 is 0 Å². The Hall–Kier alpha value is -1.40. The van der Waals surface area contributed by atoms with Crippen LogP contribution in [0.15, 0.2) is 0 Å². The molecule has 0 saturated heterocycles. The number of alkyl halides is 2. The van der Waals surface area contributed by atoms with E-state index in [1.807, 2.05) is 0 Å². The zero-order valence-electron chi connectivity index (χ0n) is 12.9. The Balaban J connectivity index is 2.66. The number of hydrogen-bond donors (Lipinski definition) is 1. The number of alkyl carbamates (subject to hydrolysis) is 1. The fraction of sp³-hybridized carbons (Fsp3) is 0.857. The van der Waals surface area contributed by atoms with Gasteiger partial charge in [-0.05, 0) is 40.0 Å². The van der Waals surface area contributed by atoms with Crippen molar-refractivity contribution in [2.45, 2.75) is 64.5 Å². The van der Waals surface area contributed by atoms with E-state index in [-0.39, 0.29) is 18.9 Å². The molecule has 0 radical (unpaired) electrons. The summed E-state index contributed by atoms with van der Waals surface area (Å²) in [5, 5.41) is 2.63. The molecular formula is C14H23F2NO4. The summed E-state index contributed by atoms with van der Waals surface area (Å²) in [7, 11) is 1.18. The molecule has 1 saturated carbocycles. The lowest BCUT2D eigenvalue weighted by atomic mass is 9.82. The average Bonchev–Trinajstić information content (AvgIpc) is 2.68. The molecule has 0 spiro atoms. The average molecular weight is 307 g/mol. The molecule has 1 fully saturated rings. The Labute approximate surface area is 123 Å². The first kappa shape index (κ1) is 17.7. The van der Waals surface area contributed by atoms with Crippen LogP contribution in [0.25, 0.3) is 0 Å². The highest BCUT2D eigenvalue weighted by atomic mass is 19.3. The Morgan fingerprint density at radius 2 is 2.00 bits per heavy atom. The highest BCUT2D eigenvalue weighted by molar-refractivity contribution is 5.77. The Morgan fingerprint density at radius 1 is 1.38 bits per heavy atom. The zero-order chi connectivity index (χ0) is 16.3. The van der Waals surface area contributed by atoms with Crippen LogP contribution in [0.4, 0.5) is 13.6 Å². The minimum absolute atomic E-state index is 0.142. The fourth-order valence-electron chi connectivity index (χ4n) is 2.69. The summed E-state index contributed by atoms with van der Waals surface area (Å²) in [4.78, 5) is 23.5. The van der Waals surface area contributed by atoms with Gasteiger partial charge in [-0.1, -0.05) is 0 Å². The monoisotopic (exact) mass is 307 g/mol. The summed E-state index contributed by atoms with van der Waals surface area (Å²) < 4.78 is 35.2. The van der Waals surface area contributed by atoms with Crippen molar-refractivity contribution in [2.24, 2.45) is 5.41 Å². The summed E-state index contributed by atoms with van der Waals surface area (Å²) in [6.07, 6.45) is -2.89. The number of halogens is 2. The van der Waals surface area contributed by atoms with E-state index < -0.39 is 35.9 Å². The molecule has 2 atom stereocenters. The van der Waals surface area contributed by atoms with Gasteiger partial charge in [0.15, 0.2) is 0 Å². The van der Waals surface area contributed by atoms with Gasteiger partial charge in [0.1, 0.15) is 5.60 Å². The molecule has 7 heteroatoms. The maximum atomic E-state index is 12.7.